The Bertz CT molecular complexity index is 976. The Labute approximate surface area is 198 Å². The molecule has 164 valence electrons. The van der Waals surface area contributed by atoms with Gasteiger partial charge in [0.05, 0.1) is 12.2 Å². The molecule has 31 heavy (non-hydrogen) atoms. The van der Waals surface area contributed by atoms with Gasteiger partial charge in [0, 0.05) is 44.3 Å². The molecular formula is C22H27FIN7. The molecule has 1 saturated heterocycles. The number of hydrogen-bond donors (Lipinski definition) is 2. The van der Waals surface area contributed by atoms with Crippen LogP contribution in [0.4, 0.5) is 10.2 Å². The van der Waals surface area contributed by atoms with Crippen molar-refractivity contribution in [2.24, 2.45) is 4.99 Å². The number of benzene rings is 1. The second-order valence-electron chi connectivity index (χ2n) is 7.20. The first-order valence-corrected chi connectivity index (χ1v) is 10.2. The van der Waals surface area contributed by atoms with E-state index < -0.39 is 0 Å². The molecule has 3 aromatic rings. The molecule has 7 nitrogen and oxygen atoms in total. The number of rotatable bonds is 6. The van der Waals surface area contributed by atoms with Crippen LogP contribution in [0.3, 0.4) is 0 Å². The third kappa shape index (κ3) is 5.93. The Hall–Kier alpha value is -2.69. The number of guanidine groups is 1. The summed E-state index contributed by atoms with van der Waals surface area (Å²) in [5.74, 6) is 0.903. The fourth-order valence-corrected chi connectivity index (χ4v) is 3.54. The Morgan fingerprint density at radius 1 is 1.19 bits per heavy atom. The van der Waals surface area contributed by atoms with Crippen LogP contribution in [-0.2, 0) is 6.54 Å². The molecule has 0 amide bonds. The van der Waals surface area contributed by atoms with Gasteiger partial charge >= 0.3 is 0 Å². The summed E-state index contributed by atoms with van der Waals surface area (Å²) in [5.41, 5.74) is 2.14. The number of anilines is 1. The van der Waals surface area contributed by atoms with Crippen LogP contribution in [0.25, 0.3) is 5.69 Å². The summed E-state index contributed by atoms with van der Waals surface area (Å²) < 4.78 is 15.8. The molecule has 9 heteroatoms. The minimum atomic E-state index is -0.280. The summed E-state index contributed by atoms with van der Waals surface area (Å²) >= 11 is 0. The zero-order chi connectivity index (χ0) is 20.8. The monoisotopic (exact) mass is 535 g/mol. The van der Waals surface area contributed by atoms with Gasteiger partial charge in [-0.05, 0) is 49.2 Å². The van der Waals surface area contributed by atoms with E-state index in [2.05, 4.69) is 32.8 Å². The van der Waals surface area contributed by atoms with E-state index in [-0.39, 0.29) is 35.8 Å². The number of nitrogens with zero attached hydrogens (tertiary/aromatic N) is 5. The van der Waals surface area contributed by atoms with Crippen LogP contribution in [0.2, 0.25) is 0 Å². The van der Waals surface area contributed by atoms with E-state index >= 15 is 0 Å². The molecule has 2 aromatic heterocycles. The van der Waals surface area contributed by atoms with Gasteiger partial charge in [0.25, 0.3) is 0 Å². The summed E-state index contributed by atoms with van der Waals surface area (Å²) in [7, 11) is 0. The summed E-state index contributed by atoms with van der Waals surface area (Å²) in [6, 6.07) is 13.3. The normalized spacial score (nSPS) is 16.1. The highest BCUT2D eigenvalue weighted by Crippen LogP contribution is 2.20. The predicted molar refractivity (Wildman–Crippen MR) is 132 cm³/mol. The van der Waals surface area contributed by atoms with Gasteiger partial charge < -0.3 is 15.5 Å². The summed E-state index contributed by atoms with van der Waals surface area (Å²) in [4.78, 5) is 10.9. The van der Waals surface area contributed by atoms with Crippen molar-refractivity contribution in [1.29, 1.82) is 0 Å². The second-order valence-corrected chi connectivity index (χ2v) is 7.20. The lowest BCUT2D eigenvalue weighted by molar-refractivity contribution is 0.612. The van der Waals surface area contributed by atoms with E-state index in [4.69, 9.17) is 4.99 Å². The summed E-state index contributed by atoms with van der Waals surface area (Å²) in [6.45, 7) is 4.84. The highest BCUT2D eigenvalue weighted by molar-refractivity contribution is 14.0. The highest BCUT2D eigenvalue weighted by Gasteiger charge is 2.25. The smallest absolute Gasteiger partial charge is 0.191 e. The Kier molecular flexibility index (Phi) is 8.21. The third-order valence-corrected chi connectivity index (χ3v) is 5.04. The fraction of sp³-hybridized carbons (Fsp3) is 0.318. The van der Waals surface area contributed by atoms with Gasteiger partial charge in [0.15, 0.2) is 17.6 Å². The average molecular weight is 535 g/mol. The standard InChI is InChI=1S/C22H26FN7.HI/c1-2-24-22(26-15-17-6-8-19(9-7-17)30-13-4-12-27-30)28-18-10-14-29(16-18)21-20(23)5-3-11-25-21;/h3-9,11-13,18H,2,10,14-16H2,1H3,(H2,24,26,28);1H. The van der Waals surface area contributed by atoms with Crippen molar-refractivity contribution in [3.63, 3.8) is 0 Å². The number of hydrogen-bond acceptors (Lipinski definition) is 4. The first-order valence-electron chi connectivity index (χ1n) is 10.2. The van der Waals surface area contributed by atoms with Crippen LogP contribution in [0.15, 0.2) is 66.0 Å². The van der Waals surface area contributed by atoms with Crippen LogP contribution in [0.5, 0.6) is 0 Å². The van der Waals surface area contributed by atoms with Crippen LogP contribution >= 0.6 is 24.0 Å². The van der Waals surface area contributed by atoms with Gasteiger partial charge in [-0.15, -0.1) is 24.0 Å². The lowest BCUT2D eigenvalue weighted by atomic mass is 10.2. The van der Waals surface area contributed by atoms with Gasteiger partial charge in [0.2, 0.25) is 0 Å². The molecule has 0 aliphatic carbocycles. The minimum absolute atomic E-state index is 0. The maximum atomic E-state index is 14.0. The molecule has 0 saturated carbocycles. The van der Waals surface area contributed by atoms with Crippen molar-refractivity contribution in [3.05, 3.63) is 72.4 Å². The van der Waals surface area contributed by atoms with E-state index in [1.807, 2.05) is 40.9 Å². The van der Waals surface area contributed by atoms with Gasteiger partial charge in [-0.3, -0.25) is 0 Å². The largest absolute Gasteiger partial charge is 0.357 e. The van der Waals surface area contributed by atoms with Crippen molar-refractivity contribution in [2.75, 3.05) is 24.5 Å². The molecule has 1 aliphatic rings. The molecule has 1 aromatic carbocycles. The van der Waals surface area contributed by atoms with Gasteiger partial charge in [-0.2, -0.15) is 5.10 Å². The van der Waals surface area contributed by atoms with Crippen LogP contribution in [-0.4, -0.2) is 46.4 Å². The molecular weight excluding hydrogens is 508 g/mol. The molecule has 0 bridgehead atoms. The molecule has 1 atom stereocenters. The first-order chi connectivity index (χ1) is 14.7. The number of aliphatic imine (C=N–C) groups is 1. The van der Waals surface area contributed by atoms with Crippen LogP contribution in [0.1, 0.15) is 18.9 Å². The highest BCUT2D eigenvalue weighted by atomic mass is 127. The number of aromatic nitrogens is 3. The minimum Gasteiger partial charge on any atom is -0.357 e. The van der Waals surface area contributed by atoms with E-state index in [1.165, 1.54) is 6.07 Å². The lowest BCUT2D eigenvalue weighted by Crippen LogP contribution is -2.44. The second kappa shape index (κ2) is 11.1. The van der Waals surface area contributed by atoms with E-state index in [0.717, 1.165) is 36.7 Å². The zero-order valence-corrected chi connectivity index (χ0v) is 19.7. The zero-order valence-electron chi connectivity index (χ0n) is 17.4. The molecule has 0 spiro atoms. The summed E-state index contributed by atoms with van der Waals surface area (Å²) in [6.07, 6.45) is 6.21. The maximum absolute atomic E-state index is 14.0. The number of pyridine rings is 1. The fourth-order valence-electron chi connectivity index (χ4n) is 3.54. The van der Waals surface area contributed by atoms with Crippen molar-refractivity contribution >= 4 is 35.8 Å². The van der Waals surface area contributed by atoms with Crippen molar-refractivity contribution in [3.8, 4) is 5.69 Å². The van der Waals surface area contributed by atoms with Crippen molar-refractivity contribution < 1.29 is 4.39 Å². The third-order valence-electron chi connectivity index (χ3n) is 5.04. The maximum Gasteiger partial charge on any atom is 0.191 e. The van der Waals surface area contributed by atoms with E-state index in [0.29, 0.717) is 18.9 Å². The van der Waals surface area contributed by atoms with Crippen LogP contribution < -0.4 is 15.5 Å². The van der Waals surface area contributed by atoms with Crippen molar-refractivity contribution in [2.45, 2.75) is 25.9 Å². The molecule has 0 radical (unpaired) electrons. The van der Waals surface area contributed by atoms with Gasteiger partial charge in [-0.25, -0.2) is 19.0 Å². The first kappa shape index (κ1) is 23.0. The van der Waals surface area contributed by atoms with E-state index in [9.17, 15) is 4.39 Å². The molecule has 1 unspecified atom stereocenters. The van der Waals surface area contributed by atoms with Crippen molar-refractivity contribution in [1.82, 2.24) is 25.4 Å². The molecule has 3 heterocycles. The Morgan fingerprint density at radius 3 is 2.74 bits per heavy atom. The lowest BCUT2D eigenvalue weighted by Gasteiger charge is -2.20. The van der Waals surface area contributed by atoms with Crippen LogP contribution in [0, 0.1) is 5.82 Å². The SMILES string of the molecule is CCNC(=NCc1ccc(-n2cccn2)cc1)NC1CCN(c2ncccc2F)C1.I. The average Bonchev–Trinajstić information content (AvgIpc) is 3.45. The Balaban J connectivity index is 0.00000272. The number of halogens is 2. The summed E-state index contributed by atoms with van der Waals surface area (Å²) in [5, 5.41) is 11.0. The van der Waals surface area contributed by atoms with E-state index in [1.54, 1.807) is 18.5 Å². The molecule has 1 aliphatic heterocycles. The topological polar surface area (TPSA) is 70.4 Å². The molecule has 4 rings (SSSR count). The quantitative estimate of drug-likeness (QED) is 0.288. The number of nitrogens with one attached hydrogen (secondary N) is 2. The van der Waals surface area contributed by atoms with Gasteiger partial charge in [-0.1, -0.05) is 12.1 Å². The molecule has 1 fully saturated rings. The predicted octanol–water partition coefficient (Wildman–Crippen LogP) is 3.36. The van der Waals surface area contributed by atoms with Gasteiger partial charge in [0.1, 0.15) is 0 Å². The Morgan fingerprint density at radius 2 is 2.03 bits per heavy atom. The molecule has 2 N–H and O–H groups in total.